The summed E-state index contributed by atoms with van der Waals surface area (Å²) < 4.78 is 74.1. The van der Waals surface area contributed by atoms with Crippen LogP contribution in [-0.2, 0) is 4.74 Å². The molecule has 1 heterocycles. The molecule has 0 saturated heterocycles. The summed E-state index contributed by atoms with van der Waals surface area (Å²) in [6, 6.07) is -1.90. The zero-order valence-electron chi connectivity index (χ0n) is 5.33. The van der Waals surface area contributed by atoms with Gasteiger partial charge in [0.15, 0.2) is 5.92 Å². The minimum atomic E-state index is -5.20. The molecule has 0 aromatic rings. The van der Waals surface area contributed by atoms with Crippen molar-refractivity contribution in [2.75, 3.05) is 0 Å². The summed E-state index contributed by atoms with van der Waals surface area (Å²) in [7, 11) is 0. The lowest BCUT2D eigenvalue weighted by Crippen LogP contribution is -2.36. The van der Waals surface area contributed by atoms with Gasteiger partial charge in [-0.1, -0.05) is 0 Å². The van der Waals surface area contributed by atoms with Crippen LogP contribution in [0.3, 0.4) is 0 Å². The molecule has 0 bridgehead atoms. The number of hydrogen-bond donors (Lipinski definition) is 0. The average Bonchev–Trinajstić information content (AvgIpc) is 2.02. The summed E-state index contributed by atoms with van der Waals surface area (Å²) >= 11 is 0. The monoisotopic (exact) mass is 192 g/mol. The van der Waals surface area contributed by atoms with Crippen LogP contribution in [0.1, 0.15) is 0 Å². The third-order valence-corrected chi connectivity index (χ3v) is 1.25. The molecule has 0 amide bonds. The van der Waals surface area contributed by atoms with E-state index in [0.29, 0.717) is 0 Å². The first-order valence-corrected chi connectivity index (χ1v) is 2.74. The van der Waals surface area contributed by atoms with Crippen LogP contribution in [0, 0.1) is 5.92 Å². The van der Waals surface area contributed by atoms with Crippen molar-refractivity contribution in [2.24, 2.45) is 5.92 Å². The molecule has 1 rings (SSSR count). The van der Waals surface area contributed by atoms with E-state index in [1.807, 2.05) is 0 Å². The van der Waals surface area contributed by atoms with E-state index in [0.717, 1.165) is 0 Å². The Labute approximate surface area is 62.6 Å². The molecule has 0 aromatic heterocycles. The lowest BCUT2D eigenvalue weighted by Gasteiger charge is -2.18. The minimum absolute atomic E-state index is 0.292. The van der Waals surface area contributed by atoms with Crippen LogP contribution in [-0.4, -0.2) is 12.3 Å². The summed E-state index contributed by atoms with van der Waals surface area (Å²) in [6.45, 7) is 0. The lowest BCUT2D eigenvalue weighted by atomic mass is 10.1. The SMILES string of the molecule is FC1=CC(C(F)(F)F)C(F)(F)O1. The second-order valence-electron chi connectivity index (χ2n) is 2.15. The molecule has 1 nitrogen and oxygen atoms in total. The Kier molecular flexibility index (Phi) is 1.77. The number of rotatable bonds is 0. The van der Waals surface area contributed by atoms with Gasteiger partial charge < -0.3 is 4.74 Å². The van der Waals surface area contributed by atoms with Crippen molar-refractivity contribution in [3.63, 3.8) is 0 Å². The third-order valence-electron chi connectivity index (χ3n) is 1.25. The van der Waals surface area contributed by atoms with Gasteiger partial charge in [0, 0.05) is 6.08 Å². The first-order chi connectivity index (χ1) is 5.23. The van der Waals surface area contributed by atoms with Gasteiger partial charge in [-0.15, -0.1) is 0 Å². The van der Waals surface area contributed by atoms with Gasteiger partial charge >= 0.3 is 12.3 Å². The number of alkyl halides is 5. The molecule has 0 spiro atoms. The topological polar surface area (TPSA) is 9.23 Å². The average molecular weight is 192 g/mol. The highest BCUT2D eigenvalue weighted by Gasteiger charge is 2.60. The highest BCUT2D eigenvalue weighted by atomic mass is 19.4. The first-order valence-electron chi connectivity index (χ1n) is 2.74. The van der Waals surface area contributed by atoms with Gasteiger partial charge in [-0.05, 0) is 0 Å². The highest BCUT2D eigenvalue weighted by molar-refractivity contribution is 5.03. The van der Waals surface area contributed by atoms with Gasteiger partial charge in [-0.3, -0.25) is 0 Å². The first kappa shape index (κ1) is 9.21. The fourth-order valence-electron chi connectivity index (χ4n) is 0.741. The number of hydrogen-bond acceptors (Lipinski definition) is 1. The summed E-state index contributed by atoms with van der Waals surface area (Å²) in [5.74, 6) is -3.19. The standard InChI is InChI=1S/C5H2F6O/c6-3-1-2(4(7,8)9)5(10,11)12-3/h1-2H. The van der Waals surface area contributed by atoms with Gasteiger partial charge in [0.05, 0.1) is 0 Å². The van der Waals surface area contributed by atoms with Gasteiger partial charge in [-0.2, -0.15) is 26.3 Å². The Morgan fingerprint density at radius 1 is 1.33 bits per heavy atom. The molecule has 1 atom stereocenters. The largest absolute Gasteiger partial charge is 0.415 e. The Morgan fingerprint density at radius 2 is 1.83 bits per heavy atom. The molecular formula is C5H2F6O. The van der Waals surface area contributed by atoms with Gasteiger partial charge in [0.2, 0.25) is 0 Å². The van der Waals surface area contributed by atoms with Crippen molar-refractivity contribution >= 4 is 0 Å². The van der Waals surface area contributed by atoms with Crippen molar-refractivity contribution < 1.29 is 31.1 Å². The summed E-state index contributed by atoms with van der Waals surface area (Å²) in [5.41, 5.74) is 0. The second kappa shape index (κ2) is 2.30. The van der Waals surface area contributed by atoms with Crippen molar-refractivity contribution in [3.05, 3.63) is 12.1 Å². The van der Waals surface area contributed by atoms with E-state index in [4.69, 9.17) is 0 Å². The molecule has 0 radical (unpaired) electrons. The molecule has 0 fully saturated rings. The Hall–Kier alpha value is -0.880. The van der Waals surface area contributed by atoms with Crippen molar-refractivity contribution in [3.8, 4) is 0 Å². The molecule has 0 saturated carbocycles. The summed E-state index contributed by atoms with van der Waals surface area (Å²) in [6.07, 6.45) is -10.0. The molecule has 0 N–H and O–H groups in total. The minimum Gasteiger partial charge on any atom is -0.406 e. The van der Waals surface area contributed by atoms with Crippen LogP contribution in [0.5, 0.6) is 0 Å². The maximum absolute atomic E-state index is 12.1. The molecule has 1 unspecified atom stereocenters. The fraction of sp³-hybridized carbons (Fsp3) is 0.600. The zero-order chi connectivity index (χ0) is 9.57. The molecule has 7 heteroatoms. The Bertz CT molecular complexity index is 216. The van der Waals surface area contributed by atoms with Crippen LogP contribution in [0.2, 0.25) is 0 Å². The van der Waals surface area contributed by atoms with E-state index in [2.05, 4.69) is 4.74 Å². The molecule has 12 heavy (non-hydrogen) atoms. The molecule has 70 valence electrons. The van der Waals surface area contributed by atoms with E-state index in [1.165, 1.54) is 0 Å². The lowest BCUT2D eigenvalue weighted by molar-refractivity contribution is -0.298. The molecule has 0 aliphatic carbocycles. The number of halogens is 6. The van der Waals surface area contributed by atoms with Gasteiger partial charge in [0.1, 0.15) is 0 Å². The van der Waals surface area contributed by atoms with Crippen LogP contribution in [0.15, 0.2) is 12.1 Å². The third kappa shape index (κ3) is 1.49. The van der Waals surface area contributed by atoms with Crippen LogP contribution >= 0.6 is 0 Å². The molecule has 1 aliphatic heterocycles. The Balaban J connectivity index is 2.90. The van der Waals surface area contributed by atoms with Crippen molar-refractivity contribution in [2.45, 2.75) is 12.3 Å². The van der Waals surface area contributed by atoms with Gasteiger partial charge in [0.25, 0.3) is 6.01 Å². The van der Waals surface area contributed by atoms with E-state index in [-0.39, 0.29) is 6.08 Å². The van der Waals surface area contributed by atoms with Crippen molar-refractivity contribution in [1.82, 2.24) is 0 Å². The fourth-order valence-corrected chi connectivity index (χ4v) is 0.741. The zero-order valence-corrected chi connectivity index (χ0v) is 5.33. The summed E-state index contributed by atoms with van der Waals surface area (Å²) in [4.78, 5) is 0. The molecule has 1 aliphatic rings. The van der Waals surface area contributed by atoms with E-state index >= 15 is 0 Å². The van der Waals surface area contributed by atoms with E-state index in [1.54, 1.807) is 0 Å². The smallest absolute Gasteiger partial charge is 0.406 e. The molecule has 0 aromatic carbocycles. The number of ether oxygens (including phenoxy) is 1. The molecular weight excluding hydrogens is 190 g/mol. The highest BCUT2D eigenvalue weighted by Crippen LogP contribution is 2.45. The maximum Gasteiger partial charge on any atom is 0.415 e. The Morgan fingerprint density at radius 3 is 2.00 bits per heavy atom. The second-order valence-corrected chi connectivity index (χ2v) is 2.15. The van der Waals surface area contributed by atoms with Crippen LogP contribution in [0.25, 0.3) is 0 Å². The van der Waals surface area contributed by atoms with Gasteiger partial charge in [-0.25, -0.2) is 0 Å². The quantitative estimate of drug-likeness (QED) is 0.536. The maximum atomic E-state index is 12.1. The normalized spacial score (nSPS) is 28.2. The van der Waals surface area contributed by atoms with Crippen LogP contribution in [0.4, 0.5) is 26.3 Å². The predicted molar refractivity (Wildman–Crippen MR) is 24.8 cm³/mol. The van der Waals surface area contributed by atoms with E-state index < -0.39 is 24.2 Å². The summed E-state index contributed by atoms with van der Waals surface area (Å²) in [5, 5.41) is 0. The predicted octanol–water partition coefficient (Wildman–Crippen LogP) is 2.60. The van der Waals surface area contributed by atoms with Crippen LogP contribution < -0.4 is 0 Å². The van der Waals surface area contributed by atoms with E-state index in [9.17, 15) is 26.3 Å². The van der Waals surface area contributed by atoms with Crippen molar-refractivity contribution in [1.29, 1.82) is 0 Å².